The minimum atomic E-state index is -0.646. The van der Waals surface area contributed by atoms with Crippen molar-refractivity contribution in [3.05, 3.63) is 44.4 Å². The molecule has 0 aliphatic rings. The number of rotatable bonds is 3. The van der Waals surface area contributed by atoms with Crippen LogP contribution < -0.4 is 5.73 Å². The normalized spacial score (nSPS) is 12.7. The van der Waals surface area contributed by atoms with Crippen LogP contribution in [0.15, 0.2) is 18.2 Å². The second kappa shape index (κ2) is 5.26. The van der Waals surface area contributed by atoms with Crippen LogP contribution >= 0.6 is 22.9 Å². The molecule has 18 heavy (non-hydrogen) atoms. The highest BCUT2D eigenvalue weighted by atomic mass is 35.5. The molecule has 0 radical (unpaired) electrons. The lowest BCUT2D eigenvalue weighted by Gasteiger charge is -2.12. The fourth-order valence-corrected chi connectivity index (χ4v) is 2.90. The molecular weight excluding hydrogens is 268 g/mol. The van der Waals surface area contributed by atoms with Crippen molar-refractivity contribution in [1.29, 1.82) is 0 Å². The molecule has 0 saturated carbocycles. The van der Waals surface area contributed by atoms with Gasteiger partial charge in [0.2, 0.25) is 0 Å². The molecule has 0 aliphatic heterocycles. The van der Waals surface area contributed by atoms with Gasteiger partial charge in [0.25, 0.3) is 0 Å². The Hall–Kier alpha value is -1.10. The maximum atomic E-state index is 10.2. The van der Waals surface area contributed by atoms with Crippen molar-refractivity contribution in [3.8, 4) is 0 Å². The third-order valence-corrected chi connectivity index (χ3v) is 4.18. The van der Waals surface area contributed by atoms with E-state index in [0.29, 0.717) is 22.7 Å². The highest BCUT2D eigenvalue weighted by molar-refractivity contribution is 7.11. The number of nitrogens with zero attached hydrogens (tertiary/aromatic N) is 1. The lowest BCUT2D eigenvalue weighted by molar-refractivity contribution is 0.179. The molecule has 2 aromatic rings. The molecule has 0 bridgehead atoms. The summed E-state index contributed by atoms with van der Waals surface area (Å²) in [4.78, 5) is 5.60. The van der Waals surface area contributed by atoms with E-state index in [9.17, 15) is 5.11 Å². The molecule has 3 N–H and O–H groups in total. The minimum Gasteiger partial charge on any atom is -0.398 e. The molecule has 0 saturated heterocycles. The van der Waals surface area contributed by atoms with Crippen LogP contribution in [-0.4, -0.2) is 10.1 Å². The second-order valence-corrected chi connectivity index (χ2v) is 5.97. The van der Waals surface area contributed by atoms with Gasteiger partial charge in [-0.1, -0.05) is 17.7 Å². The van der Waals surface area contributed by atoms with Crippen LogP contribution in [0.3, 0.4) is 0 Å². The maximum Gasteiger partial charge on any atom is 0.0960 e. The first-order chi connectivity index (χ1) is 8.47. The number of anilines is 1. The predicted molar refractivity (Wildman–Crippen MR) is 76.1 cm³/mol. The van der Waals surface area contributed by atoms with Gasteiger partial charge in [-0.15, -0.1) is 11.3 Å². The molecule has 1 atom stereocenters. The number of aromatic nitrogens is 1. The third kappa shape index (κ3) is 2.83. The SMILES string of the molecule is Cc1nc(CC(O)c2ccc(Cl)cc2N)sc1C. The van der Waals surface area contributed by atoms with Gasteiger partial charge in [-0.3, -0.25) is 0 Å². The molecule has 0 fully saturated rings. The smallest absolute Gasteiger partial charge is 0.0960 e. The first kappa shape index (κ1) is 13.3. The molecule has 0 amide bonds. The number of hydrogen-bond donors (Lipinski definition) is 2. The molecule has 1 aromatic heterocycles. The number of aryl methyl sites for hydroxylation is 2. The van der Waals surface area contributed by atoms with Gasteiger partial charge in [0.1, 0.15) is 0 Å². The Morgan fingerprint density at radius 1 is 1.44 bits per heavy atom. The van der Waals surface area contributed by atoms with Gasteiger partial charge < -0.3 is 10.8 Å². The van der Waals surface area contributed by atoms with Crippen LogP contribution in [0.1, 0.15) is 27.2 Å². The molecule has 0 aliphatic carbocycles. The van der Waals surface area contributed by atoms with Gasteiger partial charge in [-0.05, 0) is 26.0 Å². The van der Waals surface area contributed by atoms with Crippen LogP contribution in [0.4, 0.5) is 5.69 Å². The molecule has 5 heteroatoms. The van der Waals surface area contributed by atoms with Gasteiger partial charge in [-0.25, -0.2) is 4.98 Å². The predicted octanol–water partition coefficient (Wildman–Crippen LogP) is 3.27. The highest BCUT2D eigenvalue weighted by Gasteiger charge is 2.15. The Morgan fingerprint density at radius 3 is 2.72 bits per heavy atom. The zero-order valence-electron chi connectivity index (χ0n) is 10.3. The van der Waals surface area contributed by atoms with E-state index in [-0.39, 0.29) is 0 Å². The van der Waals surface area contributed by atoms with Gasteiger partial charge in [0, 0.05) is 27.6 Å². The summed E-state index contributed by atoms with van der Waals surface area (Å²) in [7, 11) is 0. The Morgan fingerprint density at radius 2 is 2.17 bits per heavy atom. The van der Waals surface area contributed by atoms with Crippen molar-refractivity contribution in [1.82, 2.24) is 4.98 Å². The van der Waals surface area contributed by atoms with E-state index in [1.165, 1.54) is 4.88 Å². The molecular formula is C13H15ClN2OS. The largest absolute Gasteiger partial charge is 0.398 e. The van der Waals surface area contributed by atoms with Crippen LogP contribution in [0.5, 0.6) is 0 Å². The van der Waals surface area contributed by atoms with Crippen molar-refractivity contribution in [2.45, 2.75) is 26.4 Å². The number of aliphatic hydroxyl groups is 1. The third-order valence-electron chi connectivity index (χ3n) is 2.85. The molecule has 1 aromatic carbocycles. The molecule has 0 spiro atoms. The fourth-order valence-electron chi connectivity index (χ4n) is 1.75. The second-order valence-electron chi connectivity index (χ2n) is 4.24. The van der Waals surface area contributed by atoms with Crippen molar-refractivity contribution in [2.24, 2.45) is 0 Å². The van der Waals surface area contributed by atoms with E-state index in [4.69, 9.17) is 17.3 Å². The lowest BCUT2D eigenvalue weighted by atomic mass is 10.1. The maximum absolute atomic E-state index is 10.2. The average Bonchev–Trinajstić information content (AvgIpc) is 2.57. The number of nitrogens with two attached hydrogens (primary N) is 1. The van der Waals surface area contributed by atoms with E-state index in [0.717, 1.165) is 10.7 Å². The number of halogens is 1. The van der Waals surface area contributed by atoms with Crippen LogP contribution in [-0.2, 0) is 6.42 Å². The van der Waals surface area contributed by atoms with Gasteiger partial charge in [0.15, 0.2) is 0 Å². The number of aliphatic hydroxyl groups excluding tert-OH is 1. The summed E-state index contributed by atoms with van der Waals surface area (Å²) in [5, 5.41) is 11.7. The quantitative estimate of drug-likeness (QED) is 0.850. The van der Waals surface area contributed by atoms with E-state index in [2.05, 4.69) is 4.98 Å². The molecule has 2 rings (SSSR count). The minimum absolute atomic E-state index is 0.477. The summed E-state index contributed by atoms with van der Waals surface area (Å²) in [5.41, 5.74) is 8.08. The summed E-state index contributed by atoms with van der Waals surface area (Å²) in [6.45, 7) is 4.00. The van der Waals surface area contributed by atoms with Gasteiger partial charge >= 0.3 is 0 Å². The Bertz CT molecular complexity index is 549. The van der Waals surface area contributed by atoms with E-state index in [1.807, 2.05) is 13.8 Å². The standard InChI is InChI=1S/C13H15ClN2OS/c1-7-8(2)18-13(16-7)6-12(17)10-4-3-9(14)5-11(10)15/h3-5,12,17H,6,15H2,1-2H3. The molecule has 3 nitrogen and oxygen atoms in total. The van der Waals surface area contributed by atoms with Gasteiger partial charge in [0.05, 0.1) is 16.8 Å². The van der Waals surface area contributed by atoms with E-state index < -0.39 is 6.10 Å². The molecule has 1 unspecified atom stereocenters. The highest BCUT2D eigenvalue weighted by Crippen LogP contribution is 2.28. The van der Waals surface area contributed by atoms with Crippen molar-refractivity contribution >= 4 is 28.6 Å². The first-order valence-electron chi connectivity index (χ1n) is 5.63. The molecule has 1 heterocycles. The number of hydrogen-bond acceptors (Lipinski definition) is 4. The number of nitrogen functional groups attached to an aromatic ring is 1. The first-order valence-corrected chi connectivity index (χ1v) is 6.82. The van der Waals surface area contributed by atoms with Crippen molar-refractivity contribution < 1.29 is 5.11 Å². The van der Waals surface area contributed by atoms with Crippen molar-refractivity contribution in [2.75, 3.05) is 5.73 Å². The van der Waals surface area contributed by atoms with E-state index in [1.54, 1.807) is 29.5 Å². The summed E-state index contributed by atoms with van der Waals surface area (Å²) in [6, 6.07) is 5.14. The van der Waals surface area contributed by atoms with Crippen LogP contribution in [0, 0.1) is 13.8 Å². The fraction of sp³-hybridized carbons (Fsp3) is 0.308. The Labute approximate surface area is 115 Å². The summed E-state index contributed by atoms with van der Waals surface area (Å²) in [6.07, 6.45) is -0.169. The summed E-state index contributed by atoms with van der Waals surface area (Å²) in [5.74, 6) is 0. The topological polar surface area (TPSA) is 59.1 Å². The Balaban J connectivity index is 2.19. The lowest BCUT2D eigenvalue weighted by Crippen LogP contribution is -2.05. The van der Waals surface area contributed by atoms with Crippen LogP contribution in [0.2, 0.25) is 5.02 Å². The Kier molecular flexibility index (Phi) is 3.90. The zero-order chi connectivity index (χ0) is 13.3. The zero-order valence-corrected chi connectivity index (χ0v) is 11.8. The van der Waals surface area contributed by atoms with E-state index >= 15 is 0 Å². The average molecular weight is 283 g/mol. The number of benzene rings is 1. The van der Waals surface area contributed by atoms with Gasteiger partial charge in [-0.2, -0.15) is 0 Å². The van der Waals surface area contributed by atoms with Crippen LogP contribution in [0.25, 0.3) is 0 Å². The number of thiazole rings is 1. The monoisotopic (exact) mass is 282 g/mol. The summed E-state index contributed by atoms with van der Waals surface area (Å²) >= 11 is 7.44. The molecule has 96 valence electrons. The summed E-state index contributed by atoms with van der Waals surface area (Å²) < 4.78 is 0. The van der Waals surface area contributed by atoms with Crippen molar-refractivity contribution in [3.63, 3.8) is 0 Å².